The standard InChI is InChI=1S/C24H41ClO3/c1-6-8-9-10-11-12-13-22(24(26-3,27-4)28-5)19-16-20-14-17-21(18-15-20)23(25)7-2/h14-15,17-18,22-23H,6-13,16,19H2,1-5H3. The number of benzene rings is 1. The first-order valence-corrected chi connectivity index (χ1v) is 11.4. The molecule has 0 aliphatic rings. The smallest absolute Gasteiger partial charge is 0.285 e. The van der Waals surface area contributed by atoms with Gasteiger partial charge in [0.1, 0.15) is 0 Å². The lowest BCUT2D eigenvalue weighted by Gasteiger charge is -2.36. The molecule has 0 N–H and O–H groups in total. The van der Waals surface area contributed by atoms with Gasteiger partial charge in [0.25, 0.3) is 5.97 Å². The Labute approximate surface area is 178 Å². The van der Waals surface area contributed by atoms with Crippen LogP contribution >= 0.6 is 11.6 Å². The number of hydrogen-bond donors (Lipinski definition) is 0. The van der Waals surface area contributed by atoms with Gasteiger partial charge >= 0.3 is 0 Å². The first-order chi connectivity index (χ1) is 13.6. The Bertz CT molecular complexity index is 491. The summed E-state index contributed by atoms with van der Waals surface area (Å²) in [6.07, 6.45) is 11.6. The lowest BCUT2D eigenvalue weighted by atomic mass is 9.91. The maximum Gasteiger partial charge on any atom is 0.285 e. The summed E-state index contributed by atoms with van der Waals surface area (Å²) in [5.74, 6) is -0.776. The lowest BCUT2D eigenvalue weighted by molar-refractivity contribution is -0.380. The molecule has 0 saturated heterocycles. The third kappa shape index (κ3) is 8.02. The van der Waals surface area contributed by atoms with Crippen LogP contribution in [0.1, 0.15) is 88.1 Å². The van der Waals surface area contributed by atoms with Crippen molar-refractivity contribution in [3.63, 3.8) is 0 Å². The third-order valence-electron chi connectivity index (χ3n) is 5.74. The SMILES string of the molecule is CCCCCCCCC(CCc1ccc(C(Cl)CC)cc1)C(OC)(OC)OC. The molecule has 0 radical (unpaired) electrons. The molecule has 0 spiro atoms. The average Bonchev–Trinajstić information content (AvgIpc) is 2.75. The second-order valence-electron chi connectivity index (χ2n) is 7.63. The zero-order chi connectivity index (χ0) is 20.8. The summed E-state index contributed by atoms with van der Waals surface area (Å²) in [6, 6.07) is 8.68. The zero-order valence-corrected chi connectivity index (χ0v) is 19.4. The van der Waals surface area contributed by atoms with E-state index in [1.807, 2.05) is 0 Å². The third-order valence-corrected chi connectivity index (χ3v) is 6.30. The van der Waals surface area contributed by atoms with E-state index < -0.39 is 5.97 Å². The molecule has 3 nitrogen and oxygen atoms in total. The fraction of sp³-hybridized carbons (Fsp3) is 0.750. The van der Waals surface area contributed by atoms with Gasteiger partial charge in [0.15, 0.2) is 0 Å². The predicted molar refractivity (Wildman–Crippen MR) is 119 cm³/mol. The molecule has 162 valence electrons. The van der Waals surface area contributed by atoms with Crippen molar-refractivity contribution in [3.8, 4) is 0 Å². The van der Waals surface area contributed by atoms with Gasteiger partial charge in [-0.25, -0.2) is 0 Å². The highest BCUT2D eigenvalue weighted by Gasteiger charge is 2.39. The first-order valence-electron chi connectivity index (χ1n) is 10.9. The summed E-state index contributed by atoms with van der Waals surface area (Å²) < 4.78 is 17.1. The zero-order valence-electron chi connectivity index (χ0n) is 18.6. The van der Waals surface area contributed by atoms with Crippen molar-refractivity contribution < 1.29 is 14.2 Å². The van der Waals surface area contributed by atoms with Crippen molar-refractivity contribution in [3.05, 3.63) is 35.4 Å². The molecular formula is C24H41ClO3. The summed E-state index contributed by atoms with van der Waals surface area (Å²) in [7, 11) is 5.00. The van der Waals surface area contributed by atoms with E-state index in [1.54, 1.807) is 21.3 Å². The molecule has 0 saturated carbocycles. The van der Waals surface area contributed by atoms with Gasteiger partial charge in [0, 0.05) is 27.2 Å². The van der Waals surface area contributed by atoms with Crippen molar-refractivity contribution >= 4 is 11.6 Å². The van der Waals surface area contributed by atoms with Crippen LogP contribution in [0.15, 0.2) is 24.3 Å². The topological polar surface area (TPSA) is 27.7 Å². The van der Waals surface area contributed by atoms with Crippen LogP contribution in [0.2, 0.25) is 0 Å². The van der Waals surface area contributed by atoms with E-state index in [-0.39, 0.29) is 11.3 Å². The maximum absolute atomic E-state index is 6.34. The van der Waals surface area contributed by atoms with Crippen LogP contribution in [0.5, 0.6) is 0 Å². The highest BCUT2D eigenvalue weighted by Crippen LogP contribution is 2.33. The normalized spacial score (nSPS) is 14.2. The Morgan fingerprint density at radius 2 is 1.39 bits per heavy atom. The summed E-state index contributed by atoms with van der Waals surface area (Å²) in [4.78, 5) is 0. The molecule has 0 amide bonds. The summed E-state index contributed by atoms with van der Waals surface area (Å²) in [5.41, 5.74) is 2.51. The van der Waals surface area contributed by atoms with Crippen molar-refractivity contribution in [2.75, 3.05) is 21.3 Å². The molecule has 4 heteroatoms. The summed E-state index contributed by atoms with van der Waals surface area (Å²) in [5, 5.41) is 0.0950. The minimum Gasteiger partial charge on any atom is -0.331 e. The number of ether oxygens (including phenoxy) is 3. The molecule has 2 atom stereocenters. The molecule has 0 aromatic heterocycles. The van der Waals surface area contributed by atoms with Gasteiger partial charge < -0.3 is 14.2 Å². The molecule has 0 aliphatic carbocycles. The second kappa shape index (κ2) is 14.4. The summed E-state index contributed by atoms with van der Waals surface area (Å²) >= 11 is 6.34. The Morgan fingerprint density at radius 3 is 1.93 bits per heavy atom. The molecule has 28 heavy (non-hydrogen) atoms. The minimum atomic E-state index is -0.965. The van der Waals surface area contributed by atoms with E-state index in [0.717, 1.165) is 25.7 Å². The van der Waals surface area contributed by atoms with E-state index in [9.17, 15) is 0 Å². The van der Waals surface area contributed by atoms with Crippen molar-refractivity contribution in [2.24, 2.45) is 5.92 Å². The highest BCUT2D eigenvalue weighted by atomic mass is 35.5. The van der Waals surface area contributed by atoms with Crippen LogP contribution in [-0.4, -0.2) is 27.3 Å². The Kier molecular flexibility index (Phi) is 13.1. The van der Waals surface area contributed by atoms with Gasteiger partial charge in [-0.2, -0.15) is 0 Å². The van der Waals surface area contributed by atoms with Gasteiger partial charge in [-0.05, 0) is 36.8 Å². The minimum absolute atomic E-state index is 0.0950. The van der Waals surface area contributed by atoms with Crippen molar-refractivity contribution in [1.29, 1.82) is 0 Å². The van der Waals surface area contributed by atoms with Gasteiger partial charge in [-0.15, -0.1) is 11.6 Å². The molecule has 2 unspecified atom stereocenters. The van der Waals surface area contributed by atoms with Crippen molar-refractivity contribution in [1.82, 2.24) is 0 Å². The largest absolute Gasteiger partial charge is 0.331 e. The van der Waals surface area contributed by atoms with Crippen LogP contribution in [0, 0.1) is 5.92 Å². The number of unbranched alkanes of at least 4 members (excludes halogenated alkanes) is 5. The fourth-order valence-corrected chi connectivity index (χ4v) is 4.03. The lowest BCUT2D eigenvalue weighted by Crippen LogP contribution is -2.44. The predicted octanol–water partition coefficient (Wildman–Crippen LogP) is 7.27. The van der Waals surface area contributed by atoms with Crippen LogP contribution in [0.3, 0.4) is 0 Å². The van der Waals surface area contributed by atoms with E-state index in [4.69, 9.17) is 25.8 Å². The monoisotopic (exact) mass is 412 g/mol. The van der Waals surface area contributed by atoms with Gasteiger partial charge in [0.2, 0.25) is 0 Å². The molecular weight excluding hydrogens is 372 g/mol. The molecule has 0 aliphatic heterocycles. The van der Waals surface area contributed by atoms with Crippen LogP contribution in [-0.2, 0) is 20.6 Å². The van der Waals surface area contributed by atoms with Gasteiger partial charge in [-0.1, -0.05) is 76.6 Å². The maximum atomic E-state index is 6.34. The molecule has 0 bridgehead atoms. The number of methoxy groups -OCH3 is 3. The highest BCUT2D eigenvalue weighted by molar-refractivity contribution is 6.20. The quantitative estimate of drug-likeness (QED) is 0.162. The fourth-order valence-electron chi connectivity index (χ4n) is 3.89. The number of aryl methyl sites for hydroxylation is 1. The molecule has 0 fully saturated rings. The molecule has 1 aromatic rings. The number of rotatable bonds is 16. The number of halogens is 1. The molecule has 1 rings (SSSR count). The number of alkyl halides is 1. The van der Waals surface area contributed by atoms with E-state index in [1.165, 1.54) is 49.7 Å². The van der Waals surface area contributed by atoms with Crippen molar-refractivity contribution in [2.45, 2.75) is 89.4 Å². The van der Waals surface area contributed by atoms with E-state index >= 15 is 0 Å². The summed E-state index contributed by atoms with van der Waals surface area (Å²) in [6.45, 7) is 4.36. The number of hydrogen-bond acceptors (Lipinski definition) is 3. The van der Waals surface area contributed by atoms with E-state index in [2.05, 4.69) is 38.1 Å². The molecule has 1 aromatic carbocycles. The Balaban J connectivity index is 2.68. The average molecular weight is 413 g/mol. The van der Waals surface area contributed by atoms with Crippen LogP contribution in [0.25, 0.3) is 0 Å². The van der Waals surface area contributed by atoms with Crippen LogP contribution in [0.4, 0.5) is 0 Å². The first kappa shape index (κ1) is 25.4. The Morgan fingerprint density at radius 1 is 0.821 bits per heavy atom. The van der Waals surface area contributed by atoms with Crippen LogP contribution < -0.4 is 0 Å². The molecule has 0 heterocycles. The van der Waals surface area contributed by atoms with Gasteiger partial charge in [0.05, 0.1) is 5.38 Å². The second-order valence-corrected chi connectivity index (χ2v) is 8.15. The Hall–Kier alpha value is -0.610. The van der Waals surface area contributed by atoms with Gasteiger partial charge in [-0.3, -0.25) is 0 Å². The van der Waals surface area contributed by atoms with E-state index in [0.29, 0.717) is 0 Å².